The summed E-state index contributed by atoms with van der Waals surface area (Å²) in [5, 5.41) is 14.0. The highest BCUT2D eigenvalue weighted by Gasteiger charge is 2.08. The number of amidine groups is 1. The topological polar surface area (TPSA) is 122 Å². The van der Waals surface area contributed by atoms with E-state index >= 15 is 0 Å². The number of fused-ring (bicyclic) bond motifs is 1. The number of nitrogens with two attached hydrogens (primary N) is 2. The van der Waals surface area contributed by atoms with Gasteiger partial charge in [-0.3, -0.25) is 9.98 Å². The minimum Gasteiger partial charge on any atom is -0.494 e. The molecule has 0 saturated heterocycles. The van der Waals surface area contributed by atoms with Gasteiger partial charge in [-0.1, -0.05) is 50.3 Å². The van der Waals surface area contributed by atoms with Crippen molar-refractivity contribution in [3.8, 4) is 5.75 Å². The molecule has 0 atom stereocenters. The first kappa shape index (κ1) is 26.5. The number of nitrogens with one attached hydrogen (secondary N) is 2. The van der Waals surface area contributed by atoms with Gasteiger partial charge in [0.2, 0.25) is 0 Å². The molecule has 0 saturated carbocycles. The van der Waals surface area contributed by atoms with Gasteiger partial charge in [0.15, 0.2) is 5.96 Å². The second-order valence-electron chi connectivity index (χ2n) is 9.32. The van der Waals surface area contributed by atoms with Crippen molar-refractivity contribution in [1.82, 2.24) is 5.32 Å². The molecule has 0 radical (unpaired) electrons. The van der Waals surface area contributed by atoms with E-state index in [1.165, 1.54) is 42.9 Å². The third kappa shape index (κ3) is 9.97. The molecule has 2 aromatic rings. The average molecular weight is 479 g/mol. The van der Waals surface area contributed by atoms with Crippen molar-refractivity contribution < 1.29 is 4.74 Å². The number of guanidine groups is 1. The van der Waals surface area contributed by atoms with E-state index in [1.807, 2.05) is 6.07 Å². The lowest BCUT2D eigenvalue weighted by molar-refractivity contribution is 0.313. The molecular weight excluding hydrogens is 436 g/mol. The van der Waals surface area contributed by atoms with Crippen molar-refractivity contribution in [3.05, 3.63) is 42.0 Å². The SMILES string of the molecule is N=C(CCCCCCCCCN=C(N)N)CCCOc1ccc2cc(C3=NCCCN3)ccc2c1. The molecule has 0 spiro atoms. The first-order valence-electron chi connectivity index (χ1n) is 13.2. The van der Waals surface area contributed by atoms with Crippen LogP contribution in [0.25, 0.3) is 10.8 Å². The quantitative estimate of drug-likeness (QED) is 0.151. The fourth-order valence-electron chi connectivity index (χ4n) is 4.33. The van der Waals surface area contributed by atoms with Crippen LogP contribution in [0.4, 0.5) is 0 Å². The Balaban J connectivity index is 1.25. The first-order chi connectivity index (χ1) is 17.1. The van der Waals surface area contributed by atoms with Crippen molar-refractivity contribution >= 4 is 28.3 Å². The van der Waals surface area contributed by atoms with Crippen LogP contribution in [0.1, 0.15) is 76.2 Å². The van der Waals surface area contributed by atoms with E-state index in [9.17, 15) is 0 Å². The third-order valence-corrected chi connectivity index (χ3v) is 6.31. The summed E-state index contributed by atoms with van der Waals surface area (Å²) < 4.78 is 5.97. The number of benzene rings is 2. The zero-order valence-electron chi connectivity index (χ0n) is 21.0. The highest BCUT2D eigenvalue weighted by atomic mass is 16.5. The van der Waals surface area contributed by atoms with Crippen molar-refractivity contribution in [3.63, 3.8) is 0 Å². The Hall–Kier alpha value is -3.09. The number of hydrogen-bond donors (Lipinski definition) is 4. The van der Waals surface area contributed by atoms with Gasteiger partial charge in [0.05, 0.1) is 6.61 Å². The van der Waals surface area contributed by atoms with Gasteiger partial charge < -0.3 is 26.9 Å². The smallest absolute Gasteiger partial charge is 0.185 e. The Morgan fingerprint density at radius 3 is 2.40 bits per heavy atom. The highest BCUT2D eigenvalue weighted by Crippen LogP contribution is 2.23. The van der Waals surface area contributed by atoms with Gasteiger partial charge in [0, 0.05) is 30.9 Å². The summed E-state index contributed by atoms with van der Waals surface area (Å²) in [6.07, 6.45) is 12.0. The lowest BCUT2D eigenvalue weighted by atomic mass is 10.0. The van der Waals surface area contributed by atoms with E-state index in [-0.39, 0.29) is 5.96 Å². The maximum absolute atomic E-state index is 8.21. The number of unbranched alkanes of at least 4 members (excludes halogenated alkanes) is 6. The molecule has 1 heterocycles. The molecule has 1 aliphatic heterocycles. The van der Waals surface area contributed by atoms with Crippen molar-refractivity contribution in [2.45, 2.75) is 70.6 Å². The van der Waals surface area contributed by atoms with Crippen LogP contribution in [0.15, 0.2) is 46.4 Å². The number of hydrogen-bond acceptors (Lipinski definition) is 5. The number of rotatable bonds is 16. The molecule has 35 heavy (non-hydrogen) atoms. The Labute approximate surface area is 209 Å². The Morgan fingerprint density at radius 1 is 0.914 bits per heavy atom. The van der Waals surface area contributed by atoms with Crippen LogP contribution < -0.4 is 21.5 Å². The Morgan fingerprint density at radius 2 is 1.63 bits per heavy atom. The maximum Gasteiger partial charge on any atom is 0.185 e. The van der Waals surface area contributed by atoms with Crippen molar-refractivity contribution in [2.75, 3.05) is 26.2 Å². The molecule has 0 amide bonds. The molecule has 0 unspecified atom stereocenters. The second kappa shape index (κ2) is 15.0. The van der Waals surface area contributed by atoms with Gasteiger partial charge >= 0.3 is 0 Å². The molecule has 6 N–H and O–H groups in total. The number of nitrogens with zero attached hydrogens (tertiary/aromatic N) is 2. The van der Waals surface area contributed by atoms with E-state index in [1.54, 1.807) is 0 Å². The molecule has 7 nitrogen and oxygen atoms in total. The number of ether oxygens (including phenoxy) is 1. The van der Waals surface area contributed by atoms with Crippen molar-refractivity contribution in [1.29, 1.82) is 5.41 Å². The minimum atomic E-state index is 0.185. The van der Waals surface area contributed by atoms with Crippen LogP contribution in [-0.4, -0.2) is 43.7 Å². The summed E-state index contributed by atoms with van der Waals surface area (Å²) in [5.41, 5.74) is 12.6. The van der Waals surface area contributed by atoms with Crippen LogP contribution in [0.3, 0.4) is 0 Å². The van der Waals surface area contributed by atoms with Crippen LogP contribution >= 0.6 is 0 Å². The summed E-state index contributed by atoms with van der Waals surface area (Å²) in [6.45, 7) is 3.27. The second-order valence-corrected chi connectivity index (χ2v) is 9.32. The predicted molar refractivity (Wildman–Crippen MR) is 148 cm³/mol. The summed E-state index contributed by atoms with van der Waals surface area (Å²) >= 11 is 0. The fourth-order valence-corrected chi connectivity index (χ4v) is 4.33. The molecule has 1 aliphatic rings. The van der Waals surface area contributed by atoms with E-state index < -0.39 is 0 Å². The molecule has 3 rings (SSSR count). The molecule has 0 fully saturated rings. The van der Waals surface area contributed by atoms with E-state index in [0.29, 0.717) is 6.61 Å². The van der Waals surface area contributed by atoms with E-state index in [2.05, 4.69) is 45.6 Å². The Bertz CT molecular complexity index is 996. The minimum absolute atomic E-state index is 0.185. The zero-order chi connectivity index (χ0) is 24.7. The largest absolute Gasteiger partial charge is 0.494 e. The monoisotopic (exact) mass is 478 g/mol. The summed E-state index contributed by atoms with van der Waals surface area (Å²) in [5.74, 6) is 2.07. The van der Waals surface area contributed by atoms with Crippen LogP contribution in [0.2, 0.25) is 0 Å². The van der Waals surface area contributed by atoms with Gasteiger partial charge in [0.1, 0.15) is 11.6 Å². The molecular formula is C28H42N6O. The maximum atomic E-state index is 8.21. The zero-order valence-corrected chi connectivity index (χ0v) is 21.0. The highest BCUT2D eigenvalue weighted by molar-refractivity contribution is 6.02. The molecule has 7 heteroatoms. The molecule has 0 aliphatic carbocycles. The van der Waals surface area contributed by atoms with Crippen LogP contribution in [0.5, 0.6) is 5.75 Å². The van der Waals surface area contributed by atoms with Gasteiger partial charge in [0.25, 0.3) is 0 Å². The standard InChI is InChI=1S/C28H42N6O/c29-25(10-6-4-2-1-3-5-7-16-34-28(30)31)11-8-19-35-26-15-14-22-20-24(13-12-23(22)21-26)27-32-17-9-18-33-27/h12-15,20-21,29H,1-11,16-19H2,(H,32,33)(H4,30,31,34). The molecule has 190 valence electrons. The fraction of sp³-hybridized carbons (Fsp3) is 0.536. The van der Waals surface area contributed by atoms with E-state index in [4.69, 9.17) is 21.6 Å². The van der Waals surface area contributed by atoms with Crippen LogP contribution in [-0.2, 0) is 0 Å². The van der Waals surface area contributed by atoms with Crippen LogP contribution in [0, 0.1) is 5.41 Å². The van der Waals surface area contributed by atoms with Gasteiger partial charge in [-0.05, 0) is 67.5 Å². The number of aliphatic imine (C=N–C) groups is 2. The third-order valence-electron chi connectivity index (χ3n) is 6.31. The summed E-state index contributed by atoms with van der Waals surface area (Å²) in [6, 6.07) is 12.7. The summed E-state index contributed by atoms with van der Waals surface area (Å²) in [7, 11) is 0. The average Bonchev–Trinajstić information content (AvgIpc) is 2.87. The van der Waals surface area contributed by atoms with Gasteiger partial charge in [-0.15, -0.1) is 0 Å². The lowest BCUT2D eigenvalue weighted by Crippen LogP contribution is -2.30. The predicted octanol–water partition coefficient (Wildman–Crippen LogP) is 5.15. The van der Waals surface area contributed by atoms with Gasteiger partial charge in [-0.2, -0.15) is 0 Å². The summed E-state index contributed by atoms with van der Waals surface area (Å²) in [4.78, 5) is 8.59. The molecule has 0 aromatic heterocycles. The van der Waals surface area contributed by atoms with E-state index in [0.717, 1.165) is 81.0 Å². The molecule has 2 aromatic carbocycles. The Kier molecular flexibility index (Phi) is 11.4. The first-order valence-corrected chi connectivity index (χ1v) is 13.2. The molecule has 0 bridgehead atoms. The van der Waals surface area contributed by atoms with Crippen molar-refractivity contribution in [2.24, 2.45) is 21.5 Å². The van der Waals surface area contributed by atoms with Gasteiger partial charge in [-0.25, -0.2) is 0 Å². The normalized spacial score (nSPS) is 13.2. The lowest BCUT2D eigenvalue weighted by Gasteiger charge is -2.15.